The zero-order valence-corrected chi connectivity index (χ0v) is 28.4. The van der Waals surface area contributed by atoms with Crippen LogP contribution in [0.15, 0.2) is 60.8 Å². The normalized spacial score (nSPS) is 12.9. The van der Waals surface area contributed by atoms with Gasteiger partial charge >= 0.3 is 11.9 Å². The summed E-state index contributed by atoms with van der Waals surface area (Å²) in [4.78, 5) is 23.8. The molecule has 0 rings (SSSR count). The van der Waals surface area contributed by atoms with Gasteiger partial charge in [-0.25, -0.2) is 0 Å². The van der Waals surface area contributed by atoms with Crippen molar-refractivity contribution in [2.75, 3.05) is 13.2 Å². The SMILES string of the molecule is CCCCC/C=C\C/C=C\C/C=C\C/C=C\CCCC(=O)OC[C@H](O)COC(=O)CCCCC/C=C\CCCCCCCC. The number of carbonyl (C=O) groups excluding carboxylic acids is 2. The summed E-state index contributed by atoms with van der Waals surface area (Å²) in [7, 11) is 0. The molecule has 0 spiro atoms. The van der Waals surface area contributed by atoms with Crippen LogP contribution in [0.1, 0.15) is 155 Å². The zero-order chi connectivity index (χ0) is 32.2. The van der Waals surface area contributed by atoms with Crippen LogP contribution in [0.3, 0.4) is 0 Å². The average molecular weight is 615 g/mol. The Hall–Kier alpha value is -2.40. The van der Waals surface area contributed by atoms with Crippen molar-refractivity contribution >= 4 is 11.9 Å². The van der Waals surface area contributed by atoms with Gasteiger partial charge in [-0.1, -0.05) is 126 Å². The molecule has 1 N–H and O–H groups in total. The van der Waals surface area contributed by atoms with Crippen molar-refractivity contribution in [1.29, 1.82) is 0 Å². The first-order valence-electron chi connectivity index (χ1n) is 17.8. The smallest absolute Gasteiger partial charge is 0.305 e. The van der Waals surface area contributed by atoms with Crippen molar-refractivity contribution < 1.29 is 24.2 Å². The van der Waals surface area contributed by atoms with Gasteiger partial charge in [0.15, 0.2) is 0 Å². The van der Waals surface area contributed by atoms with Crippen LogP contribution in [-0.2, 0) is 19.1 Å². The highest BCUT2D eigenvalue weighted by Crippen LogP contribution is 2.09. The van der Waals surface area contributed by atoms with E-state index in [0.29, 0.717) is 19.3 Å². The zero-order valence-electron chi connectivity index (χ0n) is 28.4. The summed E-state index contributed by atoms with van der Waals surface area (Å²) in [5.74, 6) is -0.653. The molecule has 0 radical (unpaired) electrons. The maximum Gasteiger partial charge on any atom is 0.305 e. The Morgan fingerprint density at radius 3 is 1.34 bits per heavy atom. The third-order valence-corrected chi connectivity index (χ3v) is 7.23. The van der Waals surface area contributed by atoms with Crippen LogP contribution < -0.4 is 0 Å². The molecule has 0 saturated heterocycles. The number of carbonyl (C=O) groups is 2. The second-order valence-electron chi connectivity index (χ2n) is 11.6. The van der Waals surface area contributed by atoms with E-state index in [9.17, 15) is 14.7 Å². The molecule has 1 atom stereocenters. The van der Waals surface area contributed by atoms with E-state index in [1.165, 1.54) is 70.6 Å². The molecule has 0 heterocycles. The van der Waals surface area contributed by atoms with Gasteiger partial charge in [-0.3, -0.25) is 9.59 Å². The molecule has 252 valence electrons. The molecule has 0 saturated carbocycles. The molecular formula is C39H66O5. The van der Waals surface area contributed by atoms with Crippen molar-refractivity contribution in [3.8, 4) is 0 Å². The van der Waals surface area contributed by atoms with Crippen molar-refractivity contribution in [2.24, 2.45) is 0 Å². The summed E-state index contributed by atoms with van der Waals surface area (Å²) in [6.07, 6.45) is 44.1. The number of ether oxygens (including phenoxy) is 2. The molecule has 0 aromatic rings. The van der Waals surface area contributed by atoms with Gasteiger partial charge in [0, 0.05) is 12.8 Å². The van der Waals surface area contributed by atoms with Crippen molar-refractivity contribution in [2.45, 2.75) is 161 Å². The summed E-state index contributed by atoms with van der Waals surface area (Å²) in [6.45, 7) is 4.18. The lowest BCUT2D eigenvalue weighted by molar-refractivity contribution is -0.152. The quantitative estimate of drug-likeness (QED) is 0.0478. The topological polar surface area (TPSA) is 72.8 Å². The fourth-order valence-electron chi connectivity index (χ4n) is 4.48. The van der Waals surface area contributed by atoms with Gasteiger partial charge in [0.05, 0.1) is 0 Å². The minimum Gasteiger partial charge on any atom is -0.463 e. The van der Waals surface area contributed by atoms with Crippen LogP contribution >= 0.6 is 0 Å². The van der Waals surface area contributed by atoms with E-state index in [0.717, 1.165) is 51.4 Å². The average Bonchev–Trinajstić information content (AvgIpc) is 3.02. The maximum absolute atomic E-state index is 11.9. The first kappa shape index (κ1) is 41.6. The summed E-state index contributed by atoms with van der Waals surface area (Å²) >= 11 is 0. The van der Waals surface area contributed by atoms with Crippen molar-refractivity contribution in [3.63, 3.8) is 0 Å². The van der Waals surface area contributed by atoms with E-state index in [4.69, 9.17) is 9.47 Å². The Kier molecular flexibility index (Phi) is 33.2. The monoisotopic (exact) mass is 614 g/mol. The molecule has 0 unspecified atom stereocenters. The molecule has 0 aliphatic carbocycles. The highest BCUT2D eigenvalue weighted by atomic mass is 16.6. The van der Waals surface area contributed by atoms with Crippen LogP contribution in [0.4, 0.5) is 0 Å². The van der Waals surface area contributed by atoms with Crippen LogP contribution in [-0.4, -0.2) is 36.4 Å². The molecule has 5 nitrogen and oxygen atoms in total. The number of rotatable bonds is 31. The molecule has 44 heavy (non-hydrogen) atoms. The molecule has 0 aliphatic rings. The predicted octanol–water partition coefficient (Wildman–Crippen LogP) is 10.8. The van der Waals surface area contributed by atoms with E-state index in [1.807, 2.05) is 0 Å². The summed E-state index contributed by atoms with van der Waals surface area (Å²) in [5, 5.41) is 9.96. The molecule has 0 aromatic heterocycles. The van der Waals surface area contributed by atoms with E-state index in [1.54, 1.807) is 0 Å². The third-order valence-electron chi connectivity index (χ3n) is 7.23. The number of aliphatic hydroxyl groups excluding tert-OH is 1. The Labute approximate surface area is 271 Å². The lowest BCUT2D eigenvalue weighted by atomic mass is 10.1. The number of hydrogen-bond acceptors (Lipinski definition) is 5. The van der Waals surface area contributed by atoms with Gasteiger partial charge < -0.3 is 14.6 Å². The van der Waals surface area contributed by atoms with Crippen molar-refractivity contribution in [3.05, 3.63) is 60.8 Å². The first-order valence-corrected chi connectivity index (χ1v) is 17.8. The lowest BCUT2D eigenvalue weighted by Crippen LogP contribution is -2.25. The second kappa shape index (κ2) is 35.1. The summed E-state index contributed by atoms with van der Waals surface area (Å²) in [5.41, 5.74) is 0. The highest BCUT2D eigenvalue weighted by molar-refractivity contribution is 5.69. The predicted molar refractivity (Wildman–Crippen MR) is 187 cm³/mol. The minimum absolute atomic E-state index is 0.143. The Morgan fingerprint density at radius 1 is 0.477 bits per heavy atom. The van der Waals surface area contributed by atoms with Crippen LogP contribution in [0.2, 0.25) is 0 Å². The number of unbranched alkanes of at least 4 members (excludes halogenated alkanes) is 13. The number of hydrogen-bond donors (Lipinski definition) is 1. The minimum atomic E-state index is -0.992. The Balaban J connectivity index is 3.59. The lowest BCUT2D eigenvalue weighted by Gasteiger charge is -2.12. The molecule has 5 heteroatoms. The highest BCUT2D eigenvalue weighted by Gasteiger charge is 2.11. The van der Waals surface area contributed by atoms with Crippen molar-refractivity contribution in [1.82, 2.24) is 0 Å². The molecule has 0 aromatic carbocycles. The molecule has 0 bridgehead atoms. The number of esters is 2. The Bertz CT molecular complexity index is 792. The molecular weight excluding hydrogens is 548 g/mol. The molecule has 0 fully saturated rings. The summed E-state index contributed by atoms with van der Waals surface area (Å²) in [6, 6.07) is 0. The van der Waals surface area contributed by atoms with E-state index in [2.05, 4.69) is 74.6 Å². The Morgan fingerprint density at radius 2 is 0.818 bits per heavy atom. The van der Waals surface area contributed by atoms with Gasteiger partial charge in [-0.15, -0.1) is 0 Å². The van der Waals surface area contributed by atoms with Gasteiger partial charge in [-0.2, -0.15) is 0 Å². The summed E-state index contributed by atoms with van der Waals surface area (Å²) < 4.78 is 10.2. The third kappa shape index (κ3) is 34.1. The number of aliphatic hydroxyl groups is 1. The van der Waals surface area contributed by atoms with Crippen LogP contribution in [0, 0.1) is 0 Å². The number of allylic oxidation sites excluding steroid dienone is 10. The van der Waals surface area contributed by atoms with Crippen LogP contribution in [0.25, 0.3) is 0 Å². The van der Waals surface area contributed by atoms with E-state index < -0.39 is 6.10 Å². The van der Waals surface area contributed by atoms with Gasteiger partial charge in [0.2, 0.25) is 0 Å². The van der Waals surface area contributed by atoms with Gasteiger partial charge in [0.1, 0.15) is 19.3 Å². The maximum atomic E-state index is 11.9. The van der Waals surface area contributed by atoms with Crippen LogP contribution in [0.5, 0.6) is 0 Å². The molecule has 0 amide bonds. The van der Waals surface area contributed by atoms with E-state index in [-0.39, 0.29) is 25.2 Å². The first-order chi connectivity index (χ1) is 21.6. The fraction of sp³-hybridized carbons (Fsp3) is 0.692. The largest absolute Gasteiger partial charge is 0.463 e. The second-order valence-corrected chi connectivity index (χ2v) is 11.6. The van der Waals surface area contributed by atoms with Gasteiger partial charge in [0.25, 0.3) is 0 Å². The van der Waals surface area contributed by atoms with E-state index >= 15 is 0 Å². The standard InChI is InChI=1S/C39H66O5/c1-3-5-7-9-11-13-15-17-18-19-20-22-24-26-28-30-32-34-39(42)44-36-37(40)35-43-38(41)33-31-29-27-25-23-21-16-14-12-10-8-6-4-2/h11,13,17-18,20-23,26,28,37,40H,3-10,12,14-16,19,24-25,27,29-36H2,1-2H3/b13-11-,18-17-,22-20-,23-21-,28-26-/t37-/m1/s1. The van der Waals surface area contributed by atoms with Gasteiger partial charge in [-0.05, 0) is 77.0 Å². The molecule has 0 aliphatic heterocycles. The fourth-order valence-corrected chi connectivity index (χ4v) is 4.48.